The number of nitrogens with zero attached hydrogens (tertiary/aromatic N) is 1. The predicted octanol–water partition coefficient (Wildman–Crippen LogP) is 6.00. The summed E-state index contributed by atoms with van der Waals surface area (Å²) < 4.78 is 18.1. The molecule has 34 heavy (non-hydrogen) atoms. The number of halogens is 1. The van der Waals surface area contributed by atoms with Crippen LogP contribution < -0.4 is 19.6 Å². The van der Waals surface area contributed by atoms with Crippen molar-refractivity contribution in [2.24, 2.45) is 5.10 Å². The van der Waals surface area contributed by atoms with E-state index in [0.717, 1.165) is 21.2 Å². The van der Waals surface area contributed by atoms with Gasteiger partial charge in [-0.25, -0.2) is 5.43 Å². The molecule has 0 aliphatic rings. The Morgan fingerprint density at radius 1 is 1.03 bits per heavy atom. The van der Waals surface area contributed by atoms with Crippen molar-refractivity contribution in [3.05, 3.63) is 87.4 Å². The molecule has 6 nitrogen and oxygen atoms in total. The summed E-state index contributed by atoms with van der Waals surface area (Å²) in [5.41, 5.74) is 6.57. The summed E-state index contributed by atoms with van der Waals surface area (Å²) in [4.78, 5) is 12.2. The van der Waals surface area contributed by atoms with Crippen LogP contribution in [0.5, 0.6) is 17.2 Å². The molecule has 0 saturated heterocycles. The first-order valence-corrected chi connectivity index (χ1v) is 11.8. The predicted molar refractivity (Wildman–Crippen MR) is 138 cm³/mol. The van der Waals surface area contributed by atoms with Crippen LogP contribution >= 0.6 is 15.9 Å². The monoisotopic (exact) mass is 524 g/mol. The van der Waals surface area contributed by atoms with Gasteiger partial charge >= 0.3 is 0 Å². The molecule has 3 aromatic carbocycles. The number of rotatable bonds is 10. The molecule has 0 aliphatic carbocycles. The Morgan fingerprint density at radius 2 is 1.79 bits per heavy atom. The van der Waals surface area contributed by atoms with E-state index < -0.39 is 0 Å². The smallest absolute Gasteiger partial charge is 0.277 e. The highest BCUT2D eigenvalue weighted by Gasteiger charge is 2.11. The average molecular weight is 525 g/mol. The van der Waals surface area contributed by atoms with Crippen LogP contribution in [0.15, 0.2) is 70.2 Å². The van der Waals surface area contributed by atoms with Gasteiger partial charge < -0.3 is 14.2 Å². The molecule has 178 valence electrons. The quantitative estimate of drug-likeness (QED) is 0.261. The van der Waals surface area contributed by atoms with Crippen molar-refractivity contribution in [1.82, 2.24) is 5.43 Å². The van der Waals surface area contributed by atoms with Gasteiger partial charge in [-0.15, -0.1) is 0 Å². The summed E-state index contributed by atoms with van der Waals surface area (Å²) in [6, 6.07) is 19.3. The van der Waals surface area contributed by atoms with Crippen molar-refractivity contribution in [1.29, 1.82) is 0 Å². The van der Waals surface area contributed by atoms with Gasteiger partial charge in [0.2, 0.25) is 0 Å². The van der Waals surface area contributed by atoms with Crippen LogP contribution in [-0.4, -0.2) is 25.8 Å². The molecule has 0 saturated carbocycles. The SMILES string of the molecule is COc1cc(/C=N/NC(=O)COc2ccc(Br)cc2C(C)C)ccc1OCc1ccccc1C. The fourth-order valence-electron chi connectivity index (χ4n) is 3.27. The third-order valence-corrected chi connectivity index (χ3v) is 5.68. The Balaban J connectivity index is 1.55. The zero-order valence-electron chi connectivity index (χ0n) is 19.8. The lowest BCUT2D eigenvalue weighted by Crippen LogP contribution is -2.24. The lowest BCUT2D eigenvalue weighted by atomic mass is 10.0. The minimum Gasteiger partial charge on any atom is -0.493 e. The van der Waals surface area contributed by atoms with E-state index in [2.05, 4.69) is 53.3 Å². The van der Waals surface area contributed by atoms with Crippen molar-refractivity contribution < 1.29 is 19.0 Å². The number of carbonyl (C=O) groups is 1. The van der Waals surface area contributed by atoms with Gasteiger partial charge in [0.05, 0.1) is 13.3 Å². The van der Waals surface area contributed by atoms with E-state index in [0.29, 0.717) is 23.9 Å². The number of methoxy groups -OCH3 is 1. The van der Waals surface area contributed by atoms with Crippen LogP contribution in [-0.2, 0) is 11.4 Å². The number of nitrogens with one attached hydrogen (secondary N) is 1. The van der Waals surface area contributed by atoms with E-state index in [9.17, 15) is 4.79 Å². The Kier molecular flexibility index (Phi) is 9.10. The molecule has 0 radical (unpaired) electrons. The molecule has 0 aliphatic heterocycles. The molecule has 0 atom stereocenters. The lowest BCUT2D eigenvalue weighted by Gasteiger charge is -2.14. The number of benzene rings is 3. The number of hydrogen-bond acceptors (Lipinski definition) is 5. The number of aryl methyl sites for hydroxylation is 1. The van der Waals surface area contributed by atoms with Gasteiger partial charge in [0.25, 0.3) is 5.91 Å². The first-order valence-electron chi connectivity index (χ1n) is 11.0. The van der Waals surface area contributed by atoms with Crippen molar-refractivity contribution in [3.8, 4) is 17.2 Å². The molecular formula is C27H29BrN2O4. The van der Waals surface area contributed by atoms with Gasteiger partial charge in [0.1, 0.15) is 12.4 Å². The van der Waals surface area contributed by atoms with E-state index in [1.807, 2.05) is 48.5 Å². The molecular weight excluding hydrogens is 496 g/mol. The number of ether oxygens (including phenoxy) is 3. The third kappa shape index (κ3) is 7.09. The minimum absolute atomic E-state index is 0.131. The van der Waals surface area contributed by atoms with E-state index in [-0.39, 0.29) is 18.4 Å². The van der Waals surface area contributed by atoms with Crippen molar-refractivity contribution in [3.63, 3.8) is 0 Å². The first-order chi connectivity index (χ1) is 16.4. The number of carbonyl (C=O) groups excluding carboxylic acids is 1. The summed E-state index contributed by atoms with van der Waals surface area (Å²) >= 11 is 3.47. The second-order valence-corrected chi connectivity index (χ2v) is 8.96. The van der Waals surface area contributed by atoms with E-state index >= 15 is 0 Å². The highest BCUT2D eigenvalue weighted by Crippen LogP contribution is 2.30. The number of hydrogen-bond donors (Lipinski definition) is 1. The van der Waals surface area contributed by atoms with Crippen molar-refractivity contribution >= 4 is 28.1 Å². The fourth-order valence-corrected chi connectivity index (χ4v) is 3.65. The second-order valence-electron chi connectivity index (χ2n) is 8.04. The molecule has 1 amide bonds. The van der Waals surface area contributed by atoms with Gasteiger partial charge in [-0.3, -0.25) is 4.79 Å². The van der Waals surface area contributed by atoms with Gasteiger partial charge in [-0.1, -0.05) is 54.0 Å². The molecule has 0 heterocycles. The fraction of sp³-hybridized carbons (Fsp3) is 0.259. The topological polar surface area (TPSA) is 69.2 Å². The molecule has 3 rings (SSSR count). The summed E-state index contributed by atoms with van der Waals surface area (Å²) in [6.45, 7) is 6.52. The van der Waals surface area contributed by atoms with Crippen molar-refractivity contribution in [2.45, 2.75) is 33.3 Å². The molecule has 3 aromatic rings. The maximum atomic E-state index is 12.2. The molecule has 7 heteroatoms. The zero-order chi connectivity index (χ0) is 24.5. The largest absolute Gasteiger partial charge is 0.493 e. The Labute approximate surface area is 209 Å². The Hall–Kier alpha value is -3.32. The average Bonchev–Trinajstić information content (AvgIpc) is 2.83. The minimum atomic E-state index is -0.348. The first kappa shape index (κ1) is 25.3. The van der Waals surface area contributed by atoms with Crippen LogP contribution in [0, 0.1) is 6.92 Å². The summed E-state index contributed by atoms with van der Waals surface area (Å²) in [5.74, 6) is 1.83. The van der Waals surface area contributed by atoms with Crippen LogP contribution in [0.3, 0.4) is 0 Å². The summed E-state index contributed by atoms with van der Waals surface area (Å²) in [7, 11) is 1.59. The summed E-state index contributed by atoms with van der Waals surface area (Å²) in [5, 5.41) is 4.03. The normalized spacial score (nSPS) is 11.0. The standard InChI is InChI=1S/C27H29BrN2O4/c1-18(2)23-14-22(28)10-12-24(23)34-17-27(31)30-29-15-20-9-11-25(26(13-20)32-4)33-16-21-8-6-5-7-19(21)3/h5-15,18H,16-17H2,1-4H3,(H,30,31)/b29-15+. The van der Waals surface area contributed by atoms with Crippen LogP contribution in [0.4, 0.5) is 0 Å². The molecule has 0 spiro atoms. The van der Waals surface area contributed by atoms with Crippen LogP contribution in [0.25, 0.3) is 0 Å². The molecule has 0 bridgehead atoms. The molecule has 0 unspecified atom stereocenters. The van der Waals surface area contributed by atoms with Gasteiger partial charge in [0, 0.05) is 4.47 Å². The zero-order valence-corrected chi connectivity index (χ0v) is 21.4. The second kappa shape index (κ2) is 12.2. The lowest BCUT2D eigenvalue weighted by molar-refractivity contribution is -0.123. The summed E-state index contributed by atoms with van der Waals surface area (Å²) in [6.07, 6.45) is 1.55. The van der Waals surface area contributed by atoms with Crippen LogP contribution in [0.2, 0.25) is 0 Å². The van der Waals surface area contributed by atoms with E-state index in [4.69, 9.17) is 14.2 Å². The number of hydrazone groups is 1. The third-order valence-electron chi connectivity index (χ3n) is 5.19. The van der Waals surface area contributed by atoms with Crippen LogP contribution in [0.1, 0.15) is 42.0 Å². The number of amides is 1. The highest BCUT2D eigenvalue weighted by atomic mass is 79.9. The maximum Gasteiger partial charge on any atom is 0.277 e. The van der Waals surface area contributed by atoms with Gasteiger partial charge in [-0.2, -0.15) is 5.10 Å². The highest BCUT2D eigenvalue weighted by molar-refractivity contribution is 9.10. The Bertz CT molecular complexity index is 1160. The molecule has 1 N–H and O–H groups in total. The maximum absolute atomic E-state index is 12.2. The van der Waals surface area contributed by atoms with Gasteiger partial charge in [-0.05, 0) is 71.5 Å². The Morgan fingerprint density at radius 3 is 2.53 bits per heavy atom. The van der Waals surface area contributed by atoms with Crippen molar-refractivity contribution in [2.75, 3.05) is 13.7 Å². The van der Waals surface area contributed by atoms with E-state index in [1.54, 1.807) is 19.4 Å². The molecule has 0 fully saturated rings. The van der Waals surface area contributed by atoms with E-state index in [1.165, 1.54) is 5.56 Å². The van der Waals surface area contributed by atoms with Gasteiger partial charge in [0.15, 0.2) is 18.1 Å². The molecule has 0 aromatic heterocycles.